The molecule has 3 aromatic rings. The molecule has 1 aromatic heterocycles. The predicted octanol–water partition coefficient (Wildman–Crippen LogP) is 4.32. The number of amides is 1. The Morgan fingerprint density at radius 3 is 2.53 bits per heavy atom. The number of benzene rings is 2. The molecule has 0 radical (unpaired) electrons. The number of carbonyl (C=O) groups excluding carboxylic acids is 1. The Kier molecular flexibility index (Phi) is 8.08. The van der Waals surface area contributed by atoms with Crippen LogP contribution in [0.25, 0.3) is 16.3 Å². The van der Waals surface area contributed by atoms with E-state index in [-0.39, 0.29) is 5.91 Å². The first-order chi connectivity index (χ1) is 15.4. The van der Waals surface area contributed by atoms with Gasteiger partial charge in [0.25, 0.3) is 5.91 Å². The number of anilines is 1. The number of thiazole rings is 1. The molecule has 0 bridgehead atoms. The third kappa shape index (κ3) is 5.77. The van der Waals surface area contributed by atoms with E-state index in [1.54, 1.807) is 31.3 Å². The average molecular weight is 456 g/mol. The van der Waals surface area contributed by atoms with Crippen molar-refractivity contribution < 1.29 is 19.0 Å². The minimum atomic E-state index is -0.134. The van der Waals surface area contributed by atoms with E-state index in [2.05, 4.69) is 0 Å². The van der Waals surface area contributed by atoms with E-state index in [0.29, 0.717) is 29.8 Å². The summed E-state index contributed by atoms with van der Waals surface area (Å²) in [4.78, 5) is 21.6. The molecule has 0 aliphatic heterocycles. The number of carbonyl (C=O) groups is 1. The summed E-state index contributed by atoms with van der Waals surface area (Å²) in [5, 5.41) is 0.664. The molecule has 2 aromatic carbocycles. The number of ether oxygens (including phenoxy) is 3. The van der Waals surface area contributed by atoms with Crippen LogP contribution in [-0.2, 0) is 4.79 Å². The minimum Gasteiger partial charge on any atom is -0.494 e. The van der Waals surface area contributed by atoms with Crippen LogP contribution in [0.3, 0.4) is 0 Å². The normalized spacial score (nSPS) is 11.3. The van der Waals surface area contributed by atoms with Crippen molar-refractivity contribution in [1.29, 1.82) is 0 Å². The molecule has 0 aliphatic rings. The molecule has 0 fully saturated rings. The smallest absolute Gasteiger partial charge is 0.252 e. The second-order valence-corrected chi connectivity index (χ2v) is 8.31. The lowest BCUT2D eigenvalue weighted by molar-refractivity contribution is -0.114. The van der Waals surface area contributed by atoms with Crippen molar-refractivity contribution in [3.8, 4) is 17.2 Å². The number of fused-ring (bicyclic) bond motifs is 1. The van der Waals surface area contributed by atoms with Crippen LogP contribution < -0.4 is 19.1 Å². The summed E-state index contributed by atoms with van der Waals surface area (Å²) in [7, 11) is 7.14. The molecule has 0 atom stereocenters. The zero-order valence-electron chi connectivity index (χ0n) is 19.1. The second kappa shape index (κ2) is 11.0. The number of hydrogen-bond acceptors (Lipinski definition) is 7. The lowest BCUT2D eigenvalue weighted by atomic mass is 10.2. The van der Waals surface area contributed by atoms with Gasteiger partial charge in [0.2, 0.25) is 0 Å². The summed E-state index contributed by atoms with van der Waals surface area (Å²) in [6.07, 6.45) is 3.34. The van der Waals surface area contributed by atoms with Gasteiger partial charge in [-0.3, -0.25) is 9.69 Å². The minimum absolute atomic E-state index is 0.134. The number of nitrogens with zero attached hydrogens (tertiary/aromatic N) is 3. The lowest BCUT2D eigenvalue weighted by Crippen LogP contribution is -2.35. The highest BCUT2D eigenvalue weighted by Gasteiger charge is 2.18. The Morgan fingerprint density at radius 1 is 1.06 bits per heavy atom. The number of aromatic nitrogens is 1. The number of rotatable bonds is 10. The van der Waals surface area contributed by atoms with Gasteiger partial charge in [-0.2, -0.15) is 0 Å². The molecule has 32 heavy (non-hydrogen) atoms. The van der Waals surface area contributed by atoms with Crippen molar-refractivity contribution in [2.45, 2.75) is 6.92 Å². The van der Waals surface area contributed by atoms with E-state index in [1.165, 1.54) is 11.3 Å². The quantitative estimate of drug-likeness (QED) is 0.424. The average Bonchev–Trinajstić information content (AvgIpc) is 3.20. The van der Waals surface area contributed by atoms with Gasteiger partial charge in [0, 0.05) is 19.2 Å². The summed E-state index contributed by atoms with van der Waals surface area (Å²) >= 11 is 1.48. The monoisotopic (exact) mass is 455 g/mol. The first-order valence-corrected chi connectivity index (χ1v) is 11.2. The first-order valence-electron chi connectivity index (χ1n) is 10.3. The molecule has 0 saturated carbocycles. The van der Waals surface area contributed by atoms with E-state index < -0.39 is 0 Å². The summed E-state index contributed by atoms with van der Waals surface area (Å²) in [5.41, 5.74) is 1.69. The highest BCUT2D eigenvalue weighted by molar-refractivity contribution is 7.22. The largest absolute Gasteiger partial charge is 0.494 e. The molecule has 0 saturated heterocycles. The van der Waals surface area contributed by atoms with Crippen LogP contribution in [0.5, 0.6) is 17.2 Å². The van der Waals surface area contributed by atoms with Crippen LogP contribution in [0, 0.1) is 0 Å². The molecular weight excluding hydrogens is 426 g/mol. The zero-order valence-corrected chi connectivity index (χ0v) is 19.9. The second-order valence-electron chi connectivity index (χ2n) is 7.30. The lowest BCUT2D eigenvalue weighted by Gasteiger charge is -2.20. The number of likely N-dealkylation sites (N-methyl/N-ethyl adjacent to an activating group) is 1. The van der Waals surface area contributed by atoms with Crippen LogP contribution in [0.2, 0.25) is 0 Å². The van der Waals surface area contributed by atoms with Gasteiger partial charge in [-0.1, -0.05) is 17.4 Å². The third-order valence-corrected chi connectivity index (χ3v) is 5.79. The molecule has 170 valence electrons. The summed E-state index contributed by atoms with van der Waals surface area (Å²) in [6, 6.07) is 11.3. The van der Waals surface area contributed by atoms with Gasteiger partial charge >= 0.3 is 0 Å². The molecule has 1 amide bonds. The van der Waals surface area contributed by atoms with E-state index in [0.717, 1.165) is 28.1 Å². The molecule has 0 N–H and O–H groups in total. The van der Waals surface area contributed by atoms with E-state index in [1.807, 2.05) is 62.3 Å². The third-order valence-electron chi connectivity index (χ3n) is 4.75. The predicted molar refractivity (Wildman–Crippen MR) is 130 cm³/mol. The Labute approximate surface area is 192 Å². The summed E-state index contributed by atoms with van der Waals surface area (Å²) in [5.74, 6) is 1.92. The maximum Gasteiger partial charge on any atom is 0.252 e. The Balaban J connectivity index is 1.87. The highest BCUT2D eigenvalue weighted by atomic mass is 32.1. The van der Waals surface area contributed by atoms with Crippen molar-refractivity contribution in [2.24, 2.45) is 0 Å². The van der Waals surface area contributed by atoms with Gasteiger partial charge in [-0.15, -0.1) is 0 Å². The van der Waals surface area contributed by atoms with Gasteiger partial charge in [-0.25, -0.2) is 4.98 Å². The fraction of sp³-hybridized carbons (Fsp3) is 0.333. The molecule has 0 spiro atoms. The van der Waals surface area contributed by atoms with Crippen LogP contribution in [0.15, 0.2) is 42.5 Å². The number of methoxy groups -OCH3 is 2. The molecule has 7 nitrogen and oxygen atoms in total. The van der Waals surface area contributed by atoms with Crippen LogP contribution in [-0.4, -0.2) is 63.8 Å². The van der Waals surface area contributed by atoms with Crippen LogP contribution in [0.4, 0.5) is 5.13 Å². The number of hydrogen-bond donors (Lipinski definition) is 0. The maximum atomic E-state index is 13.2. The van der Waals surface area contributed by atoms with Crippen molar-refractivity contribution in [3.63, 3.8) is 0 Å². The molecule has 0 unspecified atom stereocenters. The van der Waals surface area contributed by atoms with Crippen molar-refractivity contribution in [1.82, 2.24) is 9.88 Å². The topological polar surface area (TPSA) is 64.1 Å². The zero-order chi connectivity index (χ0) is 23.1. The Hall–Kier alpha value is -3.10. The fourth-order valence-electron chi connectivity index (χ4n) is 3.08. The van der Waals surface area contributed by atoms with Crippen LogP contribution >= 0.6 is 11.3 Å². The van der Waals surface area contributed by atoms with E-state index in [9.17, 15) is 4.79 Å². The SMILES string of the molecule is CCOc1ccc2nc(N(CCN(C)C)C(=O)C=Cc3ccc(OC)c(OC)c3)sc2c1. The molecular formula is C24H29N3O4S. The highest BCUT2D eigenvalue weighted by Crippen LogP contribution is 2.32. The van der Waals surface area contributed by atoms with Crippen LogP contribution in [0.1, 0.15) is 12.5 Å². The van der Waals surface area contributed by atoms with Gasteiger partial charge in [-0.05, 0) is 63.0 Å². The van der Waals surface area contributed by atoms with E-state index >= 15 is 0 Å². The maximum absolute atomic E-state index is 13.2. The standard InChI is InChI=1S/C24H29N3O4S/c1-6-31-18-9-10-19-22(16-18)32-24(25-19)27(14-13-26(2)3)23(28)12-8-17-7-11-20(29-4)21(15-17)30-5/h7-12,15-16H,6,13-14H2,1-5H3. The molecule has 3 rings (SSSR count). The van der Waals surface area contributed by atoms with Gasteiger partial charge in [0.15, 0.2) is 16.6 Å². The van der Waals surface area contributed by atoms with Crippen molar-refractivity contribution in [2.75, 3.05) is 52.9 Å². The fourth-order valence-corrected chi connectivity index (χ4v) is 4.10. The molecule has 1 heterocycles. The van der Waals surface area contributed by atoms with Gasteiger partial charge < -0.3 is 19.1 Å². The summed E-state index contributed by atoms with van der Waals surface area (Å²) < 4.78 is 17.2. The van der Waals surface area contributed by atoms with Gasteiger partial charge in [0.05, 0.1) is 31.0 Å². The Morgan fingerprint density at radius 2 is 1.84 bits per heavy atom. The molecule has 0 aliphatic carbocycles. The van der Waals surface area contributed by atoms with Crippen molar-refractivity contribution >= 4 is 38.7 Å². The van der Waals surface area contributed by atoms with Crippen molar-refractivity contribution in [3.05, 3.63) is 48.0 Å². The summed E-state index contributed by atoms with van der Waals surface area (Å²) in [6.45, 7) is 3.80. The Bertz CT molecular complexity index is 1090. The van der Waals surface area contributed by atoms with Gasteiger partial charge in [0.1, 0.15) is 5.75 Å². The first kappa shape index (κ1) is 23.6. The molecule has 8 heteroatoms. The van der Waals surface area contributed by atoms with E-state index in [4.69, 9.17) is 19.2 Å².